The molecule has 0 saturated heterocycles. The Morgan fingerprint density at radius 2 is 1.87 bits per heavy atom. The molecule has 154 valence electrons. The van der Waals surface area contributed by atoms with Gasteiger partial charge in [-0.3, -0.25) is 4.79 Å². The smallest absolute Gasteiger partial charge is 0.265 e. The Bertz CT molecular complexity index is 1190. The predicted molar refractivity (Wildman–Crippen MR) is 117 cm³/mol. The molecule has 3 heterocycles. The van der Waals surface area contributed by atoms with Crippen LogP contribution in [0, 0.1) is 0 Å². The Morgan fingerprint density at radius 3 is 2.71 bits per heavy atom. The van der Waals surface area contributed by atoms with Crippen LogP contribution in [0.1, 0.15) is 12.0 Å². The molecule has 8 heteroatoms. The maximum absolute atomic E-state index is 12.6. The fourth-order valence-corrected chi connectivity index (χ4v) is 3.46. The fraction of sp³-hybridized carbons (Fsp3) is 0.130. The highest BCUT2D eigenvalue weighted by atomic mass is 16.5. The lowest BCUT2D eigenvalue weighted by atomic mass is 10.0. The van der Waals surface area contributed by atoms with Crippen molar-refractivity contribution < 1.29 is 9.53 Å². The first-order chi connectivity index (χ1) is 15.2. The Labute approximate surface area is 178 Å². The van der Waals surface area contributed by atoms with Crippen LogP contribution >= 0.6 is 0 Å². The van der Waals surface area contributed by atoms with E-state index in [0.29, 0.717) is 23.7 Å². The molecular weight excluding hydrogens is 392 g/mol. The average molecular weight is 412 g/mol. The van der Waals surface area contributed by atoms with E-state index >= 15 is 0 Å². The van der Waals surface area contributed by atoms with Crippen LogP contribution in [0.4, 0.5) is 17.2 Å². The molecule has 0 spiro atoms. The third kappa shape index (κ3) is 4.23. The van der Waals surface area contributed by atoms with E-state index in [1.54, 1.807) is 16.9 Å². The standard InChI is InChI=1S/C23H20N6O2/c30-23(20-11-6-16-4-1-2-5-19(16)31-20)28-18-9-7-17(8-10-18)27-21-14-22(25-15-24-21)29-13-3-12-26-29/h1-5,7-10,12-15,20H,6,11H2,(H,28,30)(H,24,25,27)/t20-/m0/s1. The largest absolute Gasteiger partial charge is 0.480 e. The third-order valence-corrected chi connectivity index (χ3v) is 5.03. The number of hydrogen-bond acceptors (Lipinski definition) is 6. The van der Waals surface area contributed by atoms with Crippen molar-refractivity contribution in [2.24, 2.45) is 0 Å². The summed E-state index contributed by atoms with van der Waals surface area (Å²) in [6, 6.07) is 18.9. The maximum Gasteiger partial charge on any atom is 0.265 e. The number of aryl methyl sites for hydroxylation is 1. The van der Waals surface area contributed by atoms with E-state index in [4.69, 9.17) is 4.74 Å². The highest BCUT2D eigenvalue weighted by Crippen LogP contribution is 2.27. The van der Waals surface area contributed by atoms with Gasteiger partial charge in [-0.15, -0.1) is 0 Å². The molecule has 0 fully saturated rings. The van der Waals surface area contributed by atoms with Crippen LogP contribution in [-0.2, 0) is 11.2 Å². The number of para-hydroxylation sites is 1. The Kier molecular flexibility index (Phi) is 5.02. The number of amides is 1. The van der Waals surface area contributed by atoms with E-state index in [2.05, 4.69) is 25.7 Å². The number of hydrogen-bond donors (Lipinski definition) is 2. The second-order valence-corrected chi connectivity index (χ2v) is 7.16. The summed E-state index contributed by atoms with van der Waals surface area (Å²) < 4.78 is 7.53. The van der Waals surface area contributed by atoms with Gasteiger partial charge in [0.05, 0.1) is 0 Å². The summed E-state index contributed by atoms with van der Waals surface area (Å²) in [6.45, 7) is 0. The van der Waals surface area contributed by atoms with Gasteiger partial charge in [-0.2, -0.15) is 5.10 Å². The molecule has 0 radical (unpaired) electrons. The van der Waals surface area contributed by atoms with Crippen molar-refractivity contribution in [3.05, 3.63) is 84.9 Å². The number of rotatable bonds is 5. The molecule has 0 unspecified atom stereocenters. The van der Waals surface area contributed by atoms with Gasteiger partial charge in [-0.25, -0.2) is 14.6 Å². The molecule has 0 saturated carbocycles. The van der Waals surface area contributed by atoms with Crippen LogP contribution in [0.5, 0.6) is 5.75 Å². The normalized spacial score (nSPS) is 14.9. The summed E-state index contributed by atoms with van der Waals surface area (Å²) in [5, 5.41) is 10.3. The highest BCUT2D eigenvalue weighted by Gasteiger charge is 2.25. The Balaban J connectivity index is 1.22. The van der Waals surface area contributed by atoms with Crippen molar-refractivity contribution in [3.63, 3.8) is 0 Å². The zero-order valence-electron chi connectivity index (χ0n) is 16.6. The summed E-state index contributed by atoms with van der Waals surface area (Å²) in [4.78, 5) is 21.1. The van der Waals surface area contributed by atoms with Crippen LogP contribution in [0.2, 0.25) is 0 Å². The molecule has 8 nitrogen and oxygen atoms in total. The quantitative estimate of drug-likeness (QED) is 0.519. The predicted octanol–water partition coefficient (Wildman–Crippen LogP) is 3.74. The molecule has 1 atom stereocenters. The molecular formula is C23H20N6O2. The summed E-state index contributed by atoms with van der Waals surface area (Å²) >= 11 is 0. The van der Waals surface area contributed by atoms with E-state index in [-0.39, 0.29) is 5.91 Å². The van der Waals surface area contributed by atoms with E-state index in [9.17, 15) is 4.79 Å². The molecule has 5 rings (SSSR count). The van der Waals surface area contributed by atoms with Crippen molar-refractivity contribution in [2.45, 2.75) is 18.9 Å². The van der Waals surface area contributed by atoms with Crippen molar-refractivity contribution in [2.75, 3.05) is 10.6 Å². The summed E-state index contributed by atoms with van der Waals surface area (Å²) in [5.74, 6) is 1.95. The van der Waals surface area contributed by atoms with E-state index < -0.39 is 6.10 Å². The molecule has 4 aromatic rings. The molecule has 2 aromatic heterocycles. The number of fused-ring (bicyclic) bond motifs is 1. The van der Waals surface area contributed by atoms with Crippen molar-refractivity contribution in [3.8, 4) is 11.6 Å². The molecule has 31 heavy (non-hydrogen) atoms. The SMILES string of the molecule is O=C(Nc1ccc(Nc2cc(-n3cccn3)ncn2)cc1)[C@@H]1CCc2ccccc2O1. The van der Waals surface area contributed by atoms with Gasteiger partial charge >= 0.3 is 0 Å². The number of nitrogens with zero attached hydrogens (tertiary/aromatic N) is 4. The van der Waals surface area contributed by atoms with Gasteiger partial charge in [0, 0.05) is 29.8 Å². The van der Waals surface area contributed by atoms with Crippen LogP contribution in [0.15, 0.2) is 79.4 Å². The minimum Gasteiger partial charge on any atom is -0.480 e. The second kappa shape index (κ2) is 8.27. The summed E-state index contributed by atoms with van der Waals surface area (Å²) in [7, 11) is 0. The molecule has 0 bridgehead atoms. The van der Waals surface area contributed by atoms with Crippen LogP contribution in [0.25, 0.3) is 5.82 Å². The first kappa shape index (κ1) is 18.8. The van der Waals surface area contributed by atoms with Crippen LogP contribution in [-0.4, -0.2) is 31.8 Å². The second-order valence-electron chi connectivity index (χ2n) is 7.16. The van der Waals surface area contributed by atoms with Gasteiger partial charge in [0.1, 0.15) is 17.9 Å². The number of nitrogens with one attached hydrogen (secondary N) is 2. The first-order valence-electron chi connectivity index (χ1n) is 9.99. The van der Waals surface area contributed by atoms with Crippen molar-refractivity contribution in [1.82, 2.24) is 19.7 Å². The van der Waals surface area contributed by atoms with Gasteiger partial charge in [0.2, 0.25) is 0 Å². The number of benzene rings is 2. The maximum atomic E-state index is 12.6. The lowest BCUT2D eigenvalue weighted by Gasteiger charge is -2.25. The minimum absolute atomic E-state index is 0.144. The molecule has 2 N–H and O–H groups in total. The van der Waals surface area contributed by atoms with Crippen molar-refractivity contribution >= 4 is 23.1 Å². The molecule has 0 aliphatic carbocycles. The average Bonchev–Trinajstić information content (AvgIpc) is 3.35. The summed E-state index contributed by atoms with van der Waals surface area (Å²) in [6.07, 6.45) is 5.99. The van der Waals surface area contributed by atoms with Crippen molar-refractivity contribution in [1.29, 1.82) is 0 Å². The zero-order chi connectivity index (χ0) is 21.0. The van der Waals surface area contributed by atoms with E-state index in [1.165, 1.54) is 6.33 Å². The molecule has 1 amide bonds. The molecule has 1 aliphatic heterocycles. The van der Waals surface area contributed by atoms with Gasteiger partial charge in [-0.1, -0.05) is 18.2 Å². The highest BCUT2D eigenvalue weighted by molar-refractivity contribution is 5.94. The molecule has 2 aromatic carbocycles. The number of ether oxygens (including phenoxy) is 1. The minimum atomic E-state index is -0.491. The fourth-order valence-electron chi connectivity index (χ4n) is 3.46. The number of carbonyl (C=O) groups is 1. The van der Waals surface area contributed by atoms with Gasteiger partial charge < -0.3 is 15.4 Å². The number of anilines is 3. The van der Waals surface area contributed by atoms with Crippen LogP contribution < -0.4 is 15.4 Å². The lowest BCUT2D eigenvalue weighted by molar-refractivity contribution is -0.123. The monoisotopic (exact) mass is 412 g/mol. The first-order valence-corrected chi connectivity index (χ1v) is 9.99. The van der Waals surface area contributed by atoms with Gasteiger partial charge in [0.15, 0.2) is 11.9 Å². The zero-order valence-corrected chi connectivity index (χ0v) is 16.6. The topological polar surface area (TPSA) is 94.0 Å². The Morgan fingerprint density at radius 1 is 1.03 bits per heavy atom. The number of carbonyl (C=O) groups excluding carboxylic acids is 1. The van der Waals surface area contributed by atoms with E-state index in [1.807, 2.05) is 60.8 Å². The van der Waals surface area contributed by atoms with Gasteiger partial charge in [0.25, 0.3) is 5.91 Å². The third-order valence-electron chi connectivity index (χ3n) is 5.03. The Hall–Kier alpha value is -4.20. The van der Waals surface area contributed by atoms with Gasteiger partial charge in [-0.05, 0) is 54.8 Å². The summed E-state index contributed by atoms with van der Waals surface area (Å²) in [5.41, 5.74) is 2.69. The van der Waals surface area contributed by atoms with Crippen LogP contribution in [0.3, 0.4) is 0 Å². The van der Waals surface area contributed by atoms with E-state index in [0.717, 1.165) is 23.4 Å². The lowest BCUT2D eigenvalue weighted by Crippen LogP contribution is -2.35. The number of aromatic nitrogens is 4. The molecule has 1 aliphatic rings.